The van der Waals surface area contributed by atoms with E-state index in [4.69, 9.17) is 9.47 Å². The van der Waals surface area contributed by atoms with Gasteiger partial charge in [0.25, 0.3) is 5.91 Å². The number of aryl methyl sites for hydroxylation is 1. The zero-order valence-corrected chi connectivity index (χ0v) is 15.8. The Bertz CT molecular complexity index is 609. The average Bonchev–Trinajstić information content (AvgIpc) is 3.31. The normalized spacial score (nSPS) is 24.8. The number of carbonyl (C=O) groups excluding carboxylic acids is 1. The van der Waals surface area contributed by atoms with Crippen molar-refractivity contribution in [3.63, 3.8) is 0 Å². The smallest absolute Gasteiger partial charge is 0.283 e. The monoisotopic (exact) mass is 359 g/mol. The number of hydrogen-bond donors (Lipinski definition) is 2. The van der Waals surface area contributed by atoms with E-state index in [0.717, 1.165) is 44.3 Å². The Labute approximate surface area is 156 Å². The second kappa shape index (κ2) is 7.67. The third-order valence-corrected chi connectivity index (χ3v) is 6.25. The van der Waals surface area contributed by atoms with Crippen molar-refractivity contribution in [1.29, 1.82) is 0 Å². The standard InChI is InChI=1S/C21H30N2O3/c1-16-6-8-17(9-7-16)19(20(24)22-18-4-2-3-5-18)23-12-10-21(11-13-23)25-14-15-26-21/h6-9,18-19H,2-5,10-15H2,1H3,(H,22,24)/p+1. The molecule has 1 saturated carbocycles. The number of carbonyl (C=O) groups is 1. The summed E-state index contributed by atoms with van der Waals surface area (Å²) in [4.78, 5) is 14.5. The molecule has 1 aliphatic carbocycles. The summed E-state index contributed by atoms with van der Waals surface area (Å²) in [7, 11) is 0. The highest BCUT2D eigenvalue weighted by Gasteiger charge is 2.45. The van der Waals surface area contributed by atoms with Crippen LogP contribution in [0.1, 0.15) is 55.7 Å². The Morgan fingerprint density at radius 2 is 1.73 bits per heavy atom. The van der Waals surface area contributed by atoms with Gasteiger partial charge in [0, 0.05) is 11.6 Å². The van der Waals surface area contributed by atoms with E-state index >= 15 is 0 Å². The molecule has 1 aromatic carbocycles. The van der Waals surface area contributed by atoms with Crippen LogP contribution in [0.5, 0.6) is 0 Å². The van der Waals surface area contributed by atoms with Crippen molar-refractivity contribution in [2.24, 2.45) is 0 Å². The van der Waals surface area contributed by atoms with Crippen LogP contribution < -0.4 is 10.2 Å². The van der Waals surface area contributed by atoms with Gasteiger partial charge >= 0.3 is 0 Å². The molecular weight excluding hydrogens is 328 g/mol. The van der Waals surface area contributed by atoms with Crippen LogP contribution in [0.15, 0.2) is 24.3 Å². The van der Waals surface area contributed by atoms with Crippen molar-refractivity contribution >= 4 is 5.91 Å². The van der Waals surface area contributed by atoms with E-state index in [1.54, 1.807) is 0 Å². The van der Waals surface area contributed by atoms with Crippen molar-refractivity contribution in [3.05, 3.63) is 35.4 Å². The van der Waals surface area contributed by atoms with Gasteiger partial charge in [0.1, 0.15) is 0 Å². The minimum Gasteiger partial charge on any atom is -0.348 e. The molecule has 0 aromatic heterocycles. The number of likely N-dealkylation sites (tertiary alicyclic amines) is 1. The lowest BCUT2D eigenvalue weighted by Gasteiger charge is -2.38. The van der Waals surface area contributed by atoms with Gasteiger partial charge < -0.3 is 19.7 Å². The van der Waals surface area contributed by atoms with E-state index in [0.29, 0.717) is 19.3 Å². The summed E-state index contributed by atoms with van der Waals surface area (Å²) >= 11 is 0. The van der Waals surface area contributed by atoms with Crippen LogP contribution >= 0.6 is 0 Å². The zero-order chi connectivity index (χ0) is 18.0. The molecule has 0 bridgehead atoms. The van der Waals surface area contributed by atoms with Crippen molar-refractivity contribution in [1.82, 2.24) is 5.32 Å². The van der Waals surface area contributed by atoms with Crippen LogP contribution in [0.25, 0.3) is 0 Å². The summed E-state index contributed by atoms with van der Waals surface area (Å²) < 4.78 is 11.7. The molecule has 3 aliphatic rings. The van der Waals surface area contributed by atoms with Gasteiger partial charge in [-0.15, -0.1) is 0 Å². The Balaban J connectivity index is 1.50. The molecule has 1 amide bonds. The van der Waals surface area contributed by atoms with Crippen molar-refractivity contribution in [3.8, 4) is 0 Å². The lowest BCUT2D eigenvalue weighted by atomic mass is 9.97. The quantitative estimate of drug-likeness (QED) is 0.857. The first-order valence-electron chi connectivity index (χ1n) is 10.1. The van der Waals surface area contributed by atoms with Gasteiger partial charge in [0.05, 0.1) is 39.1 Å². The first kappa shape index (κ1) is 18.0. The maximum atomic E-state index is 13.2. The number of nitrogens with one attached hydrogen (secondary N) is 2. The first-order valence-corrected chi connectivity index (χ1v) is 10.1. The predicted molar refractivity (Wildman–Crippen MR) is 98.9 cm³/mol. The van der Waals surface area contributed by atoms with Gasteiger partial charge in [0.15, 0.2) is 11.8 Å². The number of quaternary nitrogens is 1. The van der Waals surface area contributed by atoms with E-state index in [2.05, 4.69) is 36.5 Å². The molecule has 142 valence electrons. The Hall–Kier alpha value is -1.43. The van der Waals surface area contributed by atoms with Gasteiger partial charge in [-0.1, -0.05) is 42.7 Å². The molecular formula is C21H31N2O3+. The molecule has 1 aromatic rings. The Kier molecular flexibility index (Phi) is 5.30. The minimum atomic E-state index is -0.386. The van der Waals surface area contributed by atoms with Crippen LogP contribution in [0, 0.1) is 6.92 Å². The average molecular weight is 359 g/mol. The molecule has 2 heterocycles. The summed E-state index contributed by atoms with van der Waals surface area (Å²) in [5.74, 6) is -0.205. The second-order valence-corrected chi connectivity index (χ2v) is 8.10. The summed E-state index contributed by atoms with van der Waals surface area (Å²) in [5.41, 5.74) is 2.34. The summed E-state index contributed by atoms with van der Waals surface area (Å²) in [6.45, 7) is 5.27. The Morgan fingerprint density at radius 3 is 2.35 bits per heavy atom. The summed E-state index contributed by atoms with van der Waals surface area (Å²) in [5, 5.41) is 3.33. The number of amides is 1. The highest BCUT2D eigenvalue weighted by Crippen LogP contribution is 2.28. The van der Waals surface area contributed by atoms with Crippen LogP contribution in [-0.4, -0.2) is 44.0 Å². The van der Waals surface area contributed by atoms with Crippen molar-refractivity contribution < 1.29 is 19.2 Å². The molecule has 1 atom stereocenters. The fraction of sp³-hybridized carbons (Fsp3) is 0.667. The fourth-order valence-corrected chi connectivity index (χ4v) is 4.71. The highest BCUT2D eigenvalue weighted by molar-refractivity contribution is 5.82. The number of piperidine rings is 1. The van der Waals surface area contributed by atoms with Gasteiger partial charge in [-0.2, -0.15) is 0 Å². The van der Waals surface area contributed by atoms with Gasteiger partial charge in [-0.3, -0.25) is 4.79 Å². The molecule has 1 unspecified atom stereocenters. The predicted octanol–water partition coefficient (Wildman–Crippen LogP) is 1.52. The van der Waals surface area contributed by atoms with Crippen LogP contribution in [0.2, 0.25) is 0 Å². The number of hydrogen-bond acceptors (Lipinski definition) is 3. The second-order valence-electron chi connectivity index (χ2n) is 8.10. The lowest BCUT2D eigenvalue weighted by molar-refractivity contribution is -0.930. The van der Waals surface area contributed by atoms with Gasteiger partial charge in [-0.25, -0.2) is 0 Å². The maximum Gasteiger partial charge on any atom is 0.283 e. The largest absolute Gasteiger partial charge is 0.348 e. The van der Waals surface area contributed by atoms with E-state index in [-0.39, 0.29) is 17.7 Å². The molecule has 5 heteroatoms. The van der Waals surface area contributed by atoms with Crippen LogP contribution in [0.4, 0.5) is 0 Å². The van der Waals surface area contributed by atoms with Crippen LogP contribution in [0.3, 0.4) is 0 Å². The third kappa shape index (κ3) is 3.80. The van der Waals surface area contributed by atoms with Crippen molar-refractivity contribution in [2.45, 2.75) is 63.3 Å². The minimum absolute atomic E-state index is 0.144. The summed E-state index contributed by atoms with van der Waals surface area (Å²) in [6.07, 6.45) is 6.42. The highest BCUT2D eigenvalue weighted by atomic mass is 16.7. The topological polar surface area (TPSA) is 52.0 Å². The van der Waals surface area contributed by atoms with E-state index in [9.17, 15) is 4.79 Å². The Morgan fingerprint density at radius 1 is 1.12 bits per heavy atom. The molecule has 0 radical (unpaired) electrons. The molecule has 2 aliphatic heterocycles. The van der Waals surface area contributed by atoms with Gasteiger partial charge in [-0.05, 0) is 19.8 Å². The van der Waals surface area contributed by atoms with E-state index < -0.39 is 0 Å². The van der Waals surface area contributed by atoms with Gasteiger partial charge in [0.2, 0.25) is 0 Å². The third-order valence-electron chi connectivity index (χ3n) is 6.25. The van der Waals surface area contributed by atoms with E-state index in [1.807, 2.05) is 0 Å². The summed E-state index contributed by atoms with van der Waals surface area (Å²) in [6, 6.07) is 8.67. The lowest BCUT2D eigenvalue weighted by Crippen LogP contribution is -3.15. The maximum absolute atomic E-state index is 13.2. The SMILES string of the molecule is Cc1ccc(C(C(=O)NC2CCCC2)[NH+]2CCC3(CC2)OCCO3)cc1. The van der Waals surface area contributed by atoms with Crippen molar-refractivity contribution in [2.75, 3.05) is 26.3 Å². The molecule has 2 N–H and O–H groups in total. The number of ether oxygens (including phenoxy) is 2. The molecule has 1 spiro atoms. The molecule has 2 saturated heterocycles. The molecule has 26 heavy (non-hydrogen) atoms. The van der Waals surface area contributed by atoms with E-state index in [1.165, 1.54) is 23.3 Å². The molecule has 5 nitrogen and oxygen atoms in total. The number of rotatable bonds is 4. The molecule has 3 fully saturated rings. The fourth-order valence-electron chi connectivity index (χ4n) is 4.71. The first-order chi connectivity index (χ1) is 12.7. The zero-order valence-electron chi connectivity index (χ0n) is 15.8. The number of benzene rings is 1. The molecule has 4 rings (SSSR count). The van der Waals surface area contributed by atoms with Crippen LogP contribution in [-0.2, 0) is 14.3 Å².